The fourth-order valence-electron chi connectivity index (χ4n) is 11.6. The van der Waals surface area contributed by atoms with Crippen molar-refractivity contribution in [1.82, 2.24) is 44.2 Å². The van der Waals surface area contributed by atoms with E-state index in [2.05, 4.69) is 34.4 Å². The van der Waals surface area contributed by atoms with Gasteiger partial charge in [-0.05, 0) is 189 Å². The van der Waals surface area contributed by atoms with Crippen LogP contribution in [0.25, 0.3) is 21.8 Å². The van der Waals surface area contributed by atoms with Crippen LogP contribution in [0.5, 0.6) is 23.0 Å². The molecular weight excluding hydrogens is 1160 g/mol. The fraction of sp³-hybridized carbons (Fsp3) is 0.304. The van der Waals surface area contributed by atoms with Crippen LogP contribution < -0.4 is 24.3 Å². The Morgan fingerprint density at radius 1 is 0.511 bits per heavy atom. The molecule has 2 atom stereocenters. The van der Waals surface area contributed by atoms with E-state index in [4.69, 9.17) is 42.1 Å². The Hall–Kier alpha value is -8.64. The van der Waals surface area contributed by atoms with Crippen molar-refractivity contribution in [3.05, 3.63) is 226 Å². The third-order valence-corrected chi connectivity index (χ3v) is 16.5. The van der Waals surface area contributed by atoms with Gasteiger partial charge < -0.3 is 43.4 Å². The Kier molecular flexibility index (Phi) is 20.7. The number of aromatic amines is 2. The summed E-state index contributed by atoms with van der Waals surface area (Å²) in [5.74, 6) is 1.39. The summed E-state index contributed by atoms with van der Waals surface area (Å²) >= 11 is 12.7. The largest absolute Gasteiger partial charge is 0.494 e. The summed E-state index contributed by atoms with van der Waals surface area (Å²) in [7, 11) is 0. The number of hydrogen-bond donors (Lipinski definition) is 3. The normalized spacial score (nSPS) is 14.5. The Bertz CT molecular complexity index is 3840. The molecule has 0 spiro atoms. The summed E-state index contributed by atoms with van der Waals surface area (Å²) in [6.07, 6.45) is 21.5. The van der Waals surface area contributed by atoms with E-state index in [9.17, 15) is 18.4 Å². The van der Waals surface area contributed by atoms with Crippen LogP contribution in [0.3, 0.4) is 0 Å². The third-order valence-electron chi connectivity index (χ3n) is 16.1. The predicted molar refractivity (Wildman–Crippen MR) is 339 cm³/mol. The van der Waals surface area contributed by atoms with E-state index in [1.807, 2.05) is 116 Å². The van der Waals surface area contributed by atoms with Gasteiger partial charge in [-0.25, -0.2) is 28.3 Å². The van der Waals surface area contributed by atoms with E-state index >= 15 is 0 Å². The maximum absolute atomic E-state index is 13.5. The Morgan fingerprint density at radius 3 is 1.39 bits per heavy atom. The van der Waals surface area contributed by atoms with Crippen molar-refractivity contribution in [3.8, 4) is 23.0 Å². The number of aromatic nitrogens is 6. The molecule has 12 rings (SSSR count). The van der Waals surface area contributed by atoms with Crippen LogP contribution in [0, 0.1) is 11.6 Å². The molecule has 0 saturated carbocycles. The maximum Gasteiger partial charge on any atom is 0.416 e. The van der Waals surface area contributed by atoms with Gasteiger partial charge in [0.25, 0.3) is 0 Å². The molecule has 15 nitrogen and oxygen atoms in total. The number of nitrogens with one attached hydrogen (secondary N) is 3. The molecule has 2 aliphatic rings. The molecule has 10 aromatic rings. The van der Waals surface area contributed by atoms with Gasteiger partial charge in [-0.2, -0.15) is 0 Å². The molecule has 0 bridgehead atoms. The average molecular weight is 1230 g/mol. The van der Waals surface area contributed by atoms with Crippen LogP contribution in [-0.2, 0) is 25.9 Å². The minimum Gasteiger partial charge on any atom is -0.494 e. The minimum atomic E-state index is -0.498. The van der Waals surface area contributed by atoms with Gasteiger partial charge in [0.2, 0.25) is 0 Å². The molecule has 2 aliphatic heterocycles. The molecule has 88 heavy (non-hydrogen) atoms. The molecule has 0 saturated heterocycles. The lowest BCUT2D eigenvalue weighted by Gasteiger charge is -2.35. The topological polar surface area (TPSA) is 157 Å². The number of benzene rings is 6. The van der Waals surface area contributed by atoms with Gasteiger partial charge in [0.05, 0.1) is 25.9 Å². The summed E-state index contributed by atoms with van der Waals surface area (Å²) in [6, 6.07) is 37.5. The number of carbonyl (C=O) groups excluding carboxylic acids is 2. The van der Waals surface area contributed by atoms with Gasteiger partial charge >= 0.3 is 12.2 Å². The number of H-pyrrole nitrogens is 2. The molecule has 6 heterocycles. The van der Waals surface area contributed by atoms with E-state index in [-0.39, 0.29) is 11.6 Å². The first-order valence-electron chi connectivity index (χ1n) is 30.3. The molecule has 19 heteroatoms. The van der Waals surface area contributed by atoms with Gasteiger partial charge in [0.15, 0.2) is 0 Å². The second kappa shape index (κ2) is 29.8. The molecule has 4 aromatic heterocycles. The van der Waals surface area contributed by atoms with Crippen LogP contribution in [-0.4, -0.2) is 90.4 Å². The lowest BCUT2D eigenvalue weighted by atomic mass is 9.92. The van der Waals surface area contributed by atoms with Gasteiger partial charge in [-0.15, -0.1) is 0 Å². The number of halogens is 4. The monoisotopic (exact) mass is 1230 g/mol. The lowest BCUT2D eigenvalue weighted by molar-refractivity contribution is 0.134. The Labute approximate surface area is 520 Å². The number of carbonyl (C=O) groups is 2. The number of aryl methyl sites for hydroxylation is 2. The number of imidazole rings is 2. The first-order chi connectivity index (χ1) is 43.1. The average Bonchev–Trinajstić information content (AvgIpc) is 1.61. The highest BCUT2D eigenvalue weighted by Crippen LogP contribution is 2.42. The van der Waals surface area contributed by atoms with Gasteiger partial charge in [-0.3, -0.25) is 9.80 Å². The minimum absolute atomic E-state index is 0.292. The van der Waals surface area contributed by atoms with Crippen LogP contribution >= 0.6 is 23.2 Å². The van der Waals surface area contributed by atoms with Crippen LogP contribution in [0.2, 0.25) is 10.0 Å². The van der Waals surface area contributed by atoms with Crippen molar-refractivity contribution in [2.75, 3.05) is 39.4 Å². The quantitative estimate of drug-likeness (QED) is 0.0501. The highest BCUT2D eigenvalue weighted by atomic mass is 35.5. The van der Waals surface area contributed by atoms with Crippen molar-refractivity contribution in [2.24, 2.45) is 0 Å². The standard InChI is InChI=1S/C36H39ClFN5O3.C33H32ClFN4O3/c37-27-8-15-33-32(24-27)31-16-21-43(36(44)46-30-13-9-28(38)10-14-30)35(34(31)41-33)26-6-11-29(12-7-26)45-23-4-2-1-3-17-39-18-5-20-42-22-19-40-25-42;34-24-7-14-30-29(21-24)28-15-18-39(33(40)42-27-12-8-25(35)9-13-27)32(31(28)37-30)23-5-10-26(11-6-23)41-20-4-2-1-3-17-38-19-16-36-22-38/h6-15,19,22,24-25,35,39,41H,1-5,16-18,20-21,23H2;5-14,16,19,21-22,32,37H,1-4,15,17-18,20H2. The third kappa shape index (κ3) is 15.7. The number of nitrogens with zero attached hydrogens (tertiary/aromatic N) is 6. The van der Waals surface area contributed by atoms with Gasteiger partial charge in [0, 0.05) is 94.2 Å². The van der Waals surface area contributed by atoms with Gasteiger partial charge in [0.1, 0.15) is 46.7 Å². The molecule has 0 aliphatic carbocycles. The van der Waals surface area contributed by atoms with Crippen molar-refractivity contribution < 1.29 is 37.3 Å². The van der Waals surface area contributed by atoms with Crippen molar-refractivity contribution in [1.29, 1.82) is 0 Å². The van der Waals surface area contributed by atoms with E-state index in [0.29, 0.717) is 60.7 Å². The van der Waals surface area contributed by atoms with Gasteiger partial charge in [-0.1, -0.05) is 73.2 Å². The molecule has 2 amide bonds. The van der Waals surface area contributed by atoms with Crippen LogP contribution in [0.1, 0.15) is 104 Å². The smallest absolute Gasteiger partial charge is 0.416 e. The number of amides is 2. The molecule has 0 fully saturated rings. The molecule has 3 N–H and O–H groups in total. The zero-order valence-electron chi connectivity index (χ0n) is 48.9. The zero-order valence-corrected chi connectivity index (χ0v) is 50.4. The molecule has 2 unspecified atom stereocenters. The Balaban J connectivity index is 0.000000183. The number of unbranched alkanes of at least 4 members (excludes halogenated alkanes) is 6. The second-order valence-corrected chi connectivity index (χ2v) is 23.0. The SMILES string of the molecule is O=C(Oc1ccc(F)cc1)N1CCc2c([nH]c3ccc(Cl)cc23)C1c1ccc(OCCCCCCNCCCn2ccnc2)cc1.O=C(Oc1ccc(F)cc1)N1CCc2c([nH]c3ccc(Cl)cc23)C1c1ccc(OCCCCCCn2ccnc2)cc1. The first kappa shape index (κ1) is 61.0. The fourth-order valence-corrected chi connectivity index (χ4v) is 12.0. The highest BCUT2D eigenvalue weighted by molar-refractivity contribution is 6.31. The van der Waals surface area contributed by atoms with Crippen molar-refractivity contribution in [2.45, 2.75) is 95.8 Å². The lowest BCUT2D eigenvalue weighted by Crippen LogP contribution is -2.42. The summed E-state index contributed by atoms with van der Waals surface area (Å²) < 4.78 is 54.5. The van der Waals surface area contributed by atoms with E-state index in [0.717, 1.165) is 144 Å². The number of ether oxygens (including phenoxy) is 4. The number of fused-ring (bicyclic) bond motifs is 6. The van der Waals surface area contributed by atoms with E-state index < -0.39 is 24.3 Å². The van der Waals surface area contributed by atoms with Crippen LogP contribution in [0.4, 0.5) is 18.4 Å². The predicted octanol–water partition coefficient (Wildman–Crippen LogP) is 15.9. The number of hydrogen-bond acceptors (Lipinski definition) is 9. The summed E-state index contributed by atoms with van der Waals surface area (Å²) in [5.41, 5.74) is 7.92. The van der Waals surface area contributed by atoms with Crippen molar-refractivity contribution >= 4 is 57.2 Å². The maximum atomic E-state index is 13.5. The van der Waals surface area contributed by atoms with Crippen molar-refractivity contribution in [3.63, 3.8) is 0 Å². The summed E-state index contributed by atoms with van der Waals surface area (Å²) in [4.78, 5) is 45.6. The van der Waals surface area contributed by atoms with E-state index in [1.54, 1.807) is 16.0 Å². The summed E-state index contributed by atoms with van der Waals surface area (Å²) in [5, 5.41) is 6.96. The van der Waals surface area contributed by atoms with Crippen LogP contribution in [0.15, 0.2) is 171 Å². The highest BCUT2D eigenvalue weighted by Gasteiger charge is 2.37. The zero-order chi connectivity index (χ0) is 60.6. The molecule has 0 radical (unpaired) electrons. The van der Waals surface area contributed by atoms with E-state index in [1.165, 1.54) is 55.0 Å². The second-order valence-electron chi connectivity index (χ2n) is 22.1. The molecular formula is C69H71Cl2F2N9O6. The first-order valence-corrected chi connectivity index (χ1v) is 31.0. The molecule has 6 aromatic carbocycles. The number of rotatable bonds is 24. The molecule has 456 valence electrons. The summed E-state index contributed by atoms with van der Waals surface area (Å²) in [6.45, 7) is 6.25. The Morgan fingerprint density at radius 2 is 0.932 bits per heavy atom.